The fourth-order valence-electron chi connectivity index (χ4n) is 1.77. The molecule has 2 aromatic rings. The van der Waals surface area contributed by atoms with Gasteiger partial charge in [0.25, 0.3) is 0 Å². The van der Waals surface area contributed by atoms with E-state index >= 15 is 0 Å². The van der Waals surface area contributed by atoms with Crippen molar-refractivity contribution in [3.05, 3.63) is 58.5 Å². The standard InChI is InChI=1S/C14H12ClFN4/c15-13-10(7-17)6-11(16)14(20-13)19-12(8-18)9-4-2-1-3-5-9/h1-6,12H,8,18H2,(H,19,20)/t12-/m0/s1. The van der Waals surface area contributed by atoms with Crippen LogP contribution in [0.4, 0.5) is 10.2 Å². The number of nitrogens with zero attached hydrogens (tertiary/aromatic N) is 2. The van der Waals surface area contributed by atoms with Gasteiger partial charge in [-0.05, 0) is 11.6 Å². The molecule has 4 nitrogen and oxygen atoms in total. The quantitative estimate of drug-likeness (QED) is 0.849. The fraction of sp³-hybridized carbons (Fsp3) is 0.143. The molecule has 0 saturated heterocycles. The summed E-state index contributed by atoms with van der Waals surface area (Å²) in [6.45, 7) is 0.267. The second-order valence-corrected chi connectivity index (χ2v) is 4.47. The van der Waals surface area contributed by atoms with E-state index in [1.807, 2.05) is 30.3 Å². The van der Waals surface area contributed by atoms with Crippen molar-refractivity contribution in [1.82, 2.24) is 4.98 Å². The van der Waals surface area contributed by atoms with Crippen molar-refractivity contribution in [3.63, 3.8) is 0 Å². The van der Waals surface area contributed by atoms with Crippen LogP contribution in [0.5, 0.6) is 0 Å². The predicted molar refractivity (Wildman–Crippen MR) is 75.8 cm³/mol. The molecule has 0 fully saturated rings. The Morgan fingerprint density at radius 3 is 2.70 bits per heavy atom. The number of rotatable bonds is 4. The average Bonchev–Trinajstić information content (AvgIpc) is 2.48. The number of pyridine rings is 1. The van der Waals surface area contributed by atoms with Crippen molar-refractivity contribution in [2.75, 3.05) is 11.9 Å². The van der Waals surface area contributed by atoms with Gasteiger partial charge in [0.05, 0.1) is 11.6 Å². The Morgan fingerprint density at radius 2 is 2.10 bits per heavy atom. The number of hydrogen-bond acceptors (Lipinski definition) is 4. The molecule has 1 aromatic heterocycles. The Kier molecular flexibility index (Phi) is 4.51. The van der Waals surface area contributed by atoms with Crippen LogP contribution in [-0.4, -0.2) is 11.5 Å². The van der Waals surface area contributed by atoms with E-state index in [4.69, 9.17) is 22.6 Å². The number of hydrogen-bond donors (Lipinski definition) is 2. The van der Waals surface area contributed by atoms with Gasteiger partial charge in [0.2, 0.25) is 0 Å². The predicted octanol–water partition coefficient (Wildman–Crippen LogP) is 2.86. The Bertz CT molecular complexity index is 640. The Labute approximate surface area is 121 Å². The molecule has 1 atom stereocenters. The minimum absolute atomic E-state index is 0.00118. The van der Waals surface area contributed by atoms with Gasteiger partial charge < -0.3 is 11.1 Å². The minimum Gasteiger partial charge on any atom is -0.360 e. The molecule has 0 spiro atoms. The summed E-state index contributed by atoms with van der Waals surface area (Å²) in [5, 5.41) is 11.6. The number of nitrogens with one attached hydrogen (secondary N) is 1. The summed E-state index contributed by atoms with van der Waals surface area (Å²) in [5.41, 5.74) is 6.61. The fourth-order valence-corrected chi connectivity index (χ4v) is 1.96. The molecule has 2 rings (SSSR count). The smallest absolute Gasteiger partial charge is 0.166 e. The van der Waals surface area contributed by atoms with Crippen LogP contribution in [0.2, 0.25) is 5.15 Å². The van der Waals surface area contributed by atoms with E-state index in [2.05, 4.69) is 10.3 Å². The third-order valence-corrected chi connectivity index (χ3v) is 3.09. The first-order valence-corrected chi connectivity index (χ1v) is 6.31. The first kappa shape index (κ1) is 14.3. The second-order valence-electron chi connectivity index (χ2n) is 4.11. The lowest BCUT2D eigenvalue weighted by molar-refractivity contribution is 0.618. The summed E-state index contributed by atoms with van der Waals surface area (Å²) in [6, 6.07) is 11.9. The Hall–Kier alpha value is -2.16. The number of halogens is 2. The van der Waals surface area contributed by atoms with Gasteiger partial charge in [-0.2, -0.15) is 5.26 Å². The van der Waals surface area contributed by atoms with Gasteiger partial charge in [-0.25, -0.2) is 9.37 Å². The maximum Gasteiger partial charge on any atom is 0.166 e. The van der Waals surface area contributed by atoms with Gasteiger partial charge in [-0.3, -0.25) is 0 Å². The molecular weight excluding hydrogens is 279 g/mol. The monoisotopic (exact) mass is 290 g/mol. The highest BCUT2D eigenvalue weighted by Gasteiger charge is 2.15. The van der Waals surface area contributed by atoms with Crippen molar-refractivity contribution in [3.8, 4) is 6.07 Å². The Morgan fingerprint density at radius 1 is 1.40 bits per heavy atom. The molecule has 20 heavy (non-hydrogen) atoms. The van der Waals surface area contributed by atoms with E-state index < -0.39 is 5.82 Å². The van der Waals surface area contributed by atoms with Gasteiger partial charge in [0.1, 0.15) is 11.2 Å². The van der Waals surface area contributed by atoms with Crippen molar-refractivity contribution >= 4 is 17.4 Å². The SMILES string of the molecule is N#Cc1cc(F)c(N[C@@H](CN)c2ccccc2)nc1Cl. The summed E-state index contributed by atoms with van der Waals surface area (Å²) in [7, 11) is 0. The minimum atomic E-state index is -0.639. The van der Waals surface area contributed by atoms with Crippen molar-refractivity contribution < 1.29 is 4.39 Å². The molecule has 6 heteroatoms. The molecule has 0 amide bonds. The summed E-state index contributed by atoms with van der Waals surface area (Å²) >= 11 is 5.80. The zero-order valence-corrected chi connectivity index (χ0v) is 11.2. The molecule has 0 unspecified atom stereocenters. The third-order valence-electron chi connectivity index (χ3n) is 2.80. The maximum atomic E-state index is 13.9. The van der Waals surface area contributed by atoms with Crippen LogP contribution in [0.3, 0.4) is 0 Å². The maximum absolute atomic E-state index is 13.9. The number of nitrogens with two attached hydrogens (primary N) is 1. The lowest BCUT2D eigenvalue weighted by Crippen LogP contribution is -2.21. The van der Waals surface area contributed by atoms with Gasteiger partial charge in [0.15, 0.2) is 11.6 Å². The molecule has 0 aliphatic heterocycles. The largest absolute Gasteiger partial charge is 0.360 e. The number of nitriles is 1. The highest BCUT2D eigenvalue weighted by atomic mass is 35.5. The first-order chi connectivity index (χ1) is 9.65. The average molecular weight is 291 g/mol. The van der Waals surface area contributed by atoms with Crippen LogP contribution in [0.25, 0.3) is 0 Å². The third kappa shape index (κ3) is 3.05. The molecule has 102 valence electrons. The molecule has 1 heterocycles. The van der Waals surface area contributed by atoms with Crippen LogP contribution in [0, 0.1) is 17.1 Å². The van der Waals surface area contributed by atoms with Crippen molar-refractivity contribution in [2.24, 2.45) is 5.73 Å². The van der Waals surface area contributed by atoms with Crippen molar-refractivity contribution in [1.29, 1.82) is 5.26 Å². The number of benzene rings is 1. The van der Waals surface area contributed by atoms with Crippen LogP contribution in [0.1, 0.15) is 17.2 Å². The molecule has 0 radical (unpaired) electrons. The molecular formula is C14H12ClFN4. The lowest BCUT2D eigenvalue weighted by Gasteiger charge is -2.18. The van der Waals surface area contributed by atoms with E-state index in [1.165, 1.54) is 0 Å². The van der Waals surface area contributed by atoms with Crippen LogP contribution in [-0.2, 0) is 0 Å². The van der Waals surface area contributed by atoms with Gasteiger partial charge in [-0.15, -0.1) is 0 Å². The number of aromatic nitrogens is 1. The molecule has 0 aliphatic rings. The van der Waals surface area contributed by atoms with E-state index in [0.717, 1.165) is 11.6 Å². The normalized spacial score (nSPS) is 11.7. The van der Waals surface area contributed by atoms with E-state index in [0.29, 0.717) is 0 Å². The summed E-state index contributed by atoms with van der Waals surface area (Å²) < 4.78 is 13.9. The molecule has 1 aromatic carbocycles. The Balaban J connectivity index is 2.29. The first-order valence-electron chi connectivity index (χ1n) is 5.93. The summed E-state index contributed by atoms with van der Waals surface area (Å²) in [6.07, 6.45) is 0. The van der Waals surface area contributed by atoms with Gasteiger partial charge in [0, 0.05) is 6.54 Å². The zero-order valence-electron chi connectivity index (χ0n) is 10.5. The zero-order chi connectivity index (χ0) is 14.5. The van der Waals surface area contributed by atoms with Crippen molar-refractivity contribution in [2.45, 2.75) is 6.04 Å². The second kappa shape index (κ2) is 6.33. The van der Waals surface area contributed by atoms with Crippen LogP contribution in [0.15, 0.2) is 36.4 Å². The topological polar surface area (TPSA) is 74.7 Å². The van der Waals surface area contributed by atoms with E-state index in [-0.39, 0.29) is 29.1 Å². The molecule has 0 bridgehead atoms. The van der Waals surface area contributed by atoms with Gasteiger partial charge >= 0.3 is 0 Å². The lowest BCUT2D eigenvalue weighted by atomic mass is 10.1. The van der Waals surface area contributed by atoms with E-state index in [1.54, 1.807) is 6.07 Å². The molecule has 0 aliphatic carbocycles. The summed E-state index contributed by atoms with van der Waals surface area (Å²) in [4.78, 5) is 3.86. The van der Waals surface area contributed by atoms with Crippen LogP contribution >= 0.6 is 11.6 Å². The van der Waals surface area contributed by atoms with E-state index in [9.17, 15) is 4.39 Å². The molecule has 0 saturated carbocycles. The highest BCUT2D eigenvalue weighted by Crippen LogP contribution is 2.23. The van der Waals surface area contributed by atoms with Crippen LogP contribution < -0.4 is 11.1 Å². The number of anilines is 1. The molecule has 3 N–H and O–H groups in total. The highest BCUT2D eigenvalue weighted by molar-refractivity contribution is 6.30. The van der Waals surface area contributed by atoms with Gasteiger partial charge in [-0.1, -0.05) is 41.9 Å². The summed E-state index contributed by atoms with van der Waals surface area (Å²) in [5.74, 6) is -0.659.